The number of benzene rings is 1. The smallest absolute Gasteiger partial charge is 0.184 e. The lowest BCUT2D eigenvalue weighted by molar-refractivity contribution is 0.118. The van der Waals surface area contributed by atoms with Crippen molar-refractivity contribution in [3.63, 3.8) is 0 Å². The van der Waals surface area contributed by atoms with Crippen molar-refractivity contribution >= 4 is 5.90 Å². The van der Waals surface area contributed by atoms with E-state index >= 15 is 0 Å². The summed E-state index contributed by atoms with van der Waals surface area (Å²) in [4.78, 5) is 4.65. The summed E-state index contributed by atoms with van der Waals surface area (Å²) in [5, 5.41) is 0. The summed E-state index contributed by atoms with van der Waals surface area (Å²) in [6.45, 7) is 4.95. The summed E-state index contributed by atoms with van der Waals surface area (Å²) in [6, 6.07) is 10.3. The molecule has 0 bridgehead atoms. The van der Waals surface area contributed by atoms with E-state index in [2.05, 4.69) is 31.0 Å². The van der Waals surface area contributed by atoms with Gasteiger partial charge < -0.3 is 9.47 Å². The van der Waals surface area contributed by atoms with Gasteiger partial charge in [0.2, 0.25) is 0 Å². The number of rotatable bonds is 5. The first kappa shape index (κ1) is 13.1. The van der Waals surface area contributed by atoms with Crippen molar-refractivity contribution in [2.24, 2.45) is 10.9 Å². The van der Waals surface area contributed by atoms with Crippen molar-refractivity contribution in [1.29, 1.82) is 0 Å². The number of methoxy groups -OCH3 is 1. The fourth-order valence-corrected chi connectivity index (χ4v) is 2.19. The van der Waals surface area contributed by atoms with Gasteiger partial charge in [-0.15, -0.1) is 0 Å². The molecule has 18 heavy (non-hydrogen) atoms. The number of nitrogens with zero attached hydrogens (tertiary/aromatic N) is 1. The molecule has 0 saturated heterocycles. The van der Waals surface area contributed by atoms with Crippen molar-refractivity contribution in [1.82, 2.24) is 0 Å². The van der Waals surface area contributed by atoms with Gasteiger partial charge in [-0.1, -0.05) is 44.2 Å². The highest BCUT2D eigenvalue weighted by atomic mass is 16.5. The summed E-state index contributed by atoms with van der Waals surface area (Å²) < 4.78 is 11.2. The third-order valence-electron chi connectivity index (χ3n) is 2.97. The van der Waals surface area contributed by atoms with Crippen LogP contribution in [0.3, 0.4) is 0 Å². The van der Waals surface area contributed by atoms with Crippen LogP contribution in [-0.4, -0.2) is 25.7 Å². The Morgan fingerprint density at radius 3 is 2.61 bits per heavy atom. The van der Waals surface area contributed by atoms with Crippen LogP contribution in [0, 0.1) is 5.92 Å². The van der Waals surface area contributed by atoms with Gasteiger partial charge in [-0.2, -0.15) is 0 Å². The van der Waals surface area contributed by atoms with Gasteiger partial charge in [0.1, 0.15) is 12.1 Å². The molecule has 98 valence electrons. The molecule has 0 fully saturated rings. The monoisotopic (exact) mass is 247 g/mol. The van der Waals surface area contributed by atoms with Crippen molar-refractivity contribution in [2.45, 2.75) is 32.4 Å². The van der Waals surface area contributed by atoms with Gasteiger partial charge in [0.15, 0.2) is 5.90 Å². The number of hydrogen-bond donors (Lipinski definition) is 0. The molecular formula is C15H21NO2. The van der Waals surface area contributed by atoms with Gasteiger partial charge in [0.25, 0.3) is 0 Å². The standard InChI is InChI=1S/C15H21NO2/c1-11(2)9-14-16-13(10-17-3)15(18-14)12-7-5-4-6-8-12/h4-8,11,13,15H,9-10H2,1-3H3. The molecule has 0 spiro atoms. The minimum atomic E-state index is -0.0000926. The van der Waals surface area contributed by atoms with E-state index in [-0.39, 0.29) is 12.1 Å². The van der Waals surface area contributed by atoms with Gasteiger partial charge >= 0.3 is 0 Å². The number of ether oxygens (including phenoxy) is 2. The largest absolute Gasteiger partial charge is 0.471 e. The summed E-state index contributed by atoms with van der Waals surface area (Å²) >= 11 is 0. The maximum absolute atomic E-state index is 5.99. The van der Waals surface area contributed by atoms with Crippen LogP contribution in [-0.2, 0) is 9.47 Å². The van der Waals surface area contributed by atoms with Gasteiger partial charge in [0, 0.05) is 13.5 Å². The third-order valence-corrected chi connectivity index (χ3v) is 2.97. The number of hydrogen-bond acceptors (Lipinski definition) is 3. The Bertz CT molecular complexity index is 400. The molecule has 3 nitrogen and oxygen atoms in total. The van der Waals surface area contributed by atoms with E-state index in [0.29, 0.717) is 12.5 Å². The SMILES string of the molecule is COCC1N=C(CC(C)C)OC1c1ccccc1. The quantitative estimate of drug-likeness (QED) is 0.800. The Morgan fingerprint density at radius 2 is 2.00 bits per heavy atom. The summed E-state index contributed by atoms with van der Waals surface area (Å²) in [7, 11) is 1.71. The lowest BCUT2D eigenvalue weighted by Gasteiger charge is -2.17. The maximum Gasteiger partial charge on any atom is 0.184 e. The van der Waals surface area contributed by atoms with E-state index in [0.717, 1.165) is 12.3 Å². The second-order valence-corrected chi connectivity index (χ2v) is 5.09. The topological polar surface area (TPSA) is 30.8 Å². The van der Waals surface area contributed by atoms with Crippen molar-refractivity contribution in [2.75, 3.05) is 13.7 Å². The van der Waals surface area contributed by atoms with E-state index in [9.17, 15) is 0 Å². The molecular weight excluding hydrogens is 226 g/mol. The first-order chi connectivity index (χ1) is 8.70. The van der Waals surface area contributed by atoms with E-state index < -0.39 is 0 Å². The molecule has 0 N–H and O–H groups in total. The molecule has 3 heteroatoms. The molecule has 2 atom stereocenters. The molecule has 0 amide bonds. The van der Waals surface area contributed by atoms with Crippen LogP contribution in [0.15, 0.2) is 35.3 Å². The molecule has 2 unspecified atom stereocenters. The lowest BCUT2D eigenvalue weighted by Crippen LogP contribution is -2.19. The van der Waals surface area contributed by atoms with Crippen LogP contribution < -0.4 is 0 Å². The fraction of sp³-hybridized carbons (Fsp3) is 0.533. The fourth-order valence-electron chi connectivity index (χ4n) is 2.19. The minimum Gasteiger partial charge on any atom is -0.471 e. The highest BCUT2D eigenvalue weighted by molar-refractivity contribution is 5.78. The highest BCUT2D eigenvalue weighted by Gasteiger charge is 2.32. The van der Waals surface area contributed by atoms with E-state index in [1.54, 1.807) is 7.11 Å². The summed E-state index contributed by atoms with van der Waals surface area (Å²) in [5.41, 5.74) is 1.17. The Labute approximate surface area is 109 Å². The zero-order valence-corrected chi connectivity index (χ0v) is 11.3. The van der Waals surface area contributed by atoms with E-state index in [1.807, 2.05) is 18.2 Å². The predicted octanol–water partition coefficient (Wildman–Crippen LogP) is 3.22. The molecule has 0 aliphatic carbocycles. The molecule has 1 aromatic rings. The first-order valence-corrected chi connectivity index (χ1v) is 6.48. The molecule has 1 aliphatic heterocycles. The van der Waals surface area contributed by atoms with Crippen LogP contribution in [0.2, 0.25) is 0 Å². The van der Waals surface area contributed by atoms with Crippen LogP contribution in [0.5, 0.6) is 0 Å². The van der Waals surface area contributed by atoms with Gasteiger partial charge in [-0.25, -0.2) is 4.99 Å². The van der Waals surface area contributed by atoms with E-state index in [4.69, 9.17) is 9.47 Å². The first-order valence-electron chi connectivity index (χ1n) is 6.48. The normalized spacial score (nSPS) is 23.0. The summed E-state index contributed by atoms with van der Waals surface area (Å²) in [6.07, 6.45) is 0.892. The Balaban J connectivity index is 2.12. The van der Waals surface area contributed by atoms with Crippen LogP contribution in [0.4, 0.5) is 0 Å². The van der Waals surface area contributed by atoms with Crippen molar-refractivity contribution in [3.05, 3.63) is 35.9 Å². The lowest BCUT2D eigenvalue weighted by atomic mass is 10.0. The van der Waals surface area contributed by atoms with Gasteiger partial charge in [-0.05, 0) is 11.5 Å². The Kier molecular flexibility index (Phi) is 4.37. The number of aliphatic imine (C=N–C) groups is 1. The molecule has 2 rings (SSSR count). The van der Waals surface area contributed by atoms with Gasteiger partial charge in [-0.3, -0.25) is 0 Å². The maximum atomic E-state index is 5.99. The van der Waals surface area contributed by atoms with Crippen molar-refractivity contribution < 1.29 is 9.47 Å². The van der Waals surface area contributed by atoms with E-state index in [1.165, 1.54) is 5.56 Å². The Hall–Kier alpha value is -1.35. The summed E-state index contributed by atoms with van der Waals surface area (Å²) in [5.74, 6) is 1.42. The Morgan fingerprint density at radius 1 is 1.28 bits per heavy atom. The van der Waals surface area contributed by atoms with Crippen LogP contribution in [0.1, 0.15) is 31.9 Å². The van der Waals surface area contributed by atoms with Crippen LogP contribution >= 0.6 is 0 Å². The third kappa shape index (κ3) is 3.10. The molecule has 1 heterocycles. The zero-order valence-electron chi connectivity index (χ0n) is 11.3. The second kappa shape index (κ2) is 6.01. The second-order valence-electron chi connectivity index (χ2n) is 5.09. The van der Waals surface area contributed by atoms with Crippen molar-refractivity contribution in [3.8, 4) is 0 Å². The zero-order chi connectivity index (χ0) is 13.0. The highest BCUT2D eigenvalue weighted by Crippen LogP contribution is 2.30. The molecule has 0 radical (unpaired) electrons. The molecule has 1 aromatic carbocycles. The molecule has 1 aliphatic rings. The van der Waals surface area contributed by atoms with Crippen LogP contribution in [0.25, 0.3) is 0 Å². The average Bonchev–Trinajstić information content (AvgIpc) is 2.73. The minimum absolute atomic E-state index is 0.0000926. The predicted molar refractivity (Wildman–Crippen MR) is 72.8 cm³/mol. The molecule has 0 aromatic heterocycles. The molecule has 0 saturated carbocycles. The average molecular weight is 247 g/mol. The van der Waals surface area contributed by atoms with Gasteiger partial charge in [0.05, 0.1) is 6.61 Å².